The second-order valence-electron chi connectivity index (χ2n) is 5.15. The Morgan fingerprint density at radius 1 is 1.30 bits per heavy atom. The van der Waals surface area contributed by atoms with Gasteiger partial charge in [0.25, 0.3) is 0 Å². The van der Waals surface area contributed by atoms with Crippen LogP contribution in [0.15, 0.2) is 23.2 Å². The fourth-order valence-electron chi connectivity index (χ4n) is 2.14. The minimum atomic E-state index is -4.21. The molecule has 23 heavy (non-hydrogen) atoms. The third kappa shape index (κ3) is 3.24. The van der Waals surface area contributed by atoms with Crippen LogP contribution in [0.5, 0.6) is 11.6 Å². The van der Waals surface area contributed by atoms with E-state index >= 15 is 0 Å². The Morgan fingerprint density at radius 3 is 2.61 bits per heavy atom. The first-order chi connectivity index (χ1) is 10.8. The predicted molar refractivity (Wildman–Crippen MR) is 86.2 cm³/mol. The Labute approximate surface area is 148 Å². The molecule has 6 nitrogen and oxygen atoms in total. The van der Waals surface area contributed by atoms with E-state index in [9.17, 15) is 8.42 Å². The summed E-state index contributed by atoms with van der Waals surface area (Å²) in [6, 6.07) is 2.68. The average Bonchev–Trinajstić information content (AvgIpc) is 2.86. The van der Waals surface area contributed by atoms with Crippen molar-refractivity contribution in [3.8, 4) is 11.6 Å². The zero-order valence-electron chi connectivity index (χ0n) is 11.8. The molecule has 1 aliphatic rings. The van der Waals surface area contributed by atoms with Crippen molar-refractivity contribution in [3.05, 3.63) is 33.4 Å². The maximum Gasteiger partial charge on any atom is 0.346 e. The Morgan fingerprint density at radius 2 is 1.96 bits per heavy atom. The fraction of sp³-hybridized carbons (Fsp3) is 0.308. The number of benzene rings is 1. The zero-order chi connectivity index (χ0) is 16.8. The molecule has 0 radical (unpaired) electrons. The van der Waals surface area contributed by atoms with E-state index in [1.54, 1.807) is 0 Å². The molecule has 2 heterocycles. The number of rotatable bonds is 3. The van der Waals surface area contributed by atoms with Gasteiger partial charge in [-0.3, -0.25) is 0 Å². The number of hydrogen-bond acceptors (Lipinski definition) is 5. The van der Waals surface area contributed by atoms with Crippen LogP contribution >= 0.6 is 34.8 Å². The van der Waals surface area contributed by atoms with Crippen molar-refractivity contribution in [1.29, 1.82) is 0 Å². The van der Waals surface area contributed by atoms with Gasteiger partial charge in [-0.1, -0.05) is 41.7 Å². The SMILES string of the molecule is C[C@@H]1COc2c(S(=O)(=O)Oc3c(Cl)cc(Cl)cc3Cl)cnn2C1. The van der Waals surface area contributed by atoms with E-state index in [-0.39, 0.29) is 37.5 Å². The highest BCUT2D eigenvalue weighted by Gasteiger charge is 2.31. The van der Waals surface area contributed by atoms with Crippen LogP contribution in [-0.4, -0.2) is 24.8 Å². The fourth-order valence-corrected chi connectivity index (χ4v) is 4.17. The largest absolute Gasteiger partial charge is 0.476 e. The van der Waals surface area contributed by atoms with Crippen molar-refractivity contribution < 1.29 is 17.3 Å². The Balaban J connectivity index is 1.98. The maximum absolute atomic E-state index is 12.5. The van der Waals surface area contributed by atoms with Gasteiger partial charge < -0.3 is 8.92 Å². The van der Waals surface area contributed by atoms with Gasteiger partial charge >= 0.3 is 10.1 Å². The summed E-state index contributed by atoms with van der Waals surface area (Å²) in [6.45, 7) is 2.94. The number of aromatic nitrogens is 2. The lowest BCUT2D eigenvalue weighted by Crippen LogP contribution is -2.24. The molecule has 1 aliphatic heterocycles. The van der Waals surface area contributed by atoms with Gasteiger partial charge in [-0.25, -0.2) is 4.68 Å². The molecular formula is C13H11Cl3N2O4S. The van der Waals surface area contributed by atoms with Gasteiger partial charge in [0.1, 0.15) is 0 Å². The number of hydrogen-bond donors (Lipinski definition) is 0. The van der Waals surface area contributed by atoms with Crippen LogP contribution in [0.25, 0.3) is 0 Å². The van der Waals surface area contributed by atoms with Gasteiger partial charge in [-0.2, -0.15) is 13.5 Å². The van der Waals surface area contributed by atoms with Gasteiger partial charge in [0, 0.05) is 10.9 Å². The molecule has 0 spiro atoms. The number of fused-ring (bicyclic) bond motifs is 1. The zero-order valence-corrected chi connectivity index (χ0v) is 14.9. The van der Waals surface area contributed by atoms with Crippen LogP contribution in [0.4, 0.5) is 0 Å². The van der Waals surface area contributed by atoms with Crippen LogP contribution in [0.2, 0.25) is 15.1 Å². The highest BCUT2D eigenvalue weighted by Crippen LogP contribution is 2.38. The summed E-state index contributed by atoms with van der Waals surface area (Å²) in [6.07, 6.45) is 1.18. The minimum Gasteiger partial charge on any atom is -0.476 e. The van der Waals surface area contributed by atoms with Crippen molar-refractivity contribution in [2.24, 2.45) is 5.92 Å². The summed E-state index contributed by atoms with van der Waals surface area (Å²) in [7, 11) is -4.21. The summed E-state index contributed by atoms with van der Waals surface area (Å²) in [5, 5.41) is 4.26. The first-order valence-electron chi connectivity index (χ1n) is 6.55. The first kappa shape index (κ1) is 16.7. The molecule has 2 aromatic rings. The number of halogens is 3. The Hall–Kier alpha value is -1.15. The molecule has 1 aromatic heterocycles. The molecule has 0 N–H and O–H groups in total. The molecule has 0 saturated carbocycles. The molecular weight excluding hydrogens is 387 g/mol. The average molecular weight is 398 g/mol. The van der Waals surface area contributed by atoms with Crippen LogP contribution in [0, 0.1) is 5.92 Å². The van der Waals surface area contributed by atoms with E-state index in [1.165, 1.54) is 23.0 Å². The summed E-state index contributed by atoms with van der Waals surface area (Å²) in [4.78, 5) is -0.175. The summed E-state index contributed by atoms with van der Waals surface area (Å²) >= 11 is 17.7. The number of ether oxygens (including phenoxy) is 1. The third-order valence-corrected chi connectivity index (χ3v) is 5.16. The van der Waals surface area contributed by atoms with Gasteiger partial charge in [0.15, 0.2) is 10.6 Å². The highest BCUT2D eigenvalue weighted by atomic mass is 35.5. The Bertz CT molecular complexity index is 843. The summed E-state index contributed by atoms with van der Waals surface area (Å²) < 4.78 is 37.0. The first-order valence-corrected chi connectivity index (χ1v) is 9.10. The third-order valence-electron chi connectivity index (χ3n) is 3.17. The Kier molecular flexibility index (Phi) is 4.39. The van der Waals surface area contributed by atoms with Gasteiger partial charge in [-0.05, 0) is 12.1 Å². The lowest BCUT2D eigenvalue weighted by atomic mass is 10.2. The van der Waals surface area contributed by atoms with Crippen molar-refractivity contribution in [1.82, 2.24) is 9.78 Å². The van der Waals surface area contributed by atoms with Crippen LogP contribution < -0.4 is 8.92 Å². The van der Waals surface area contributed by atoms with E-state index in [2.05, 4.69) is 5.10 Å². The van der Waals surface area contributed by atoms with Crippen LogP contribution in [-0.2, 0) is 16.7 Å². The normalized spacial score (nSPS) is 17.5. The molecule has 0 unspecified atom stereocenters. The van der Waals surface area contributed by atoms with Crippen molar-refractivity contribution in [2.75, 3.05) is 6.61 Å². The van der Waals surface area contributed by atoms with Crippen molar-refractivity contribution >= 4 is 44.9 Å². The maximum atomic E-state index is 12.5. The smallest absolute Gasteiger partial charge is 0.346 e. The number of nitrogens with zero attached hydrogens (tertiary/aromatic N) is 2. The van der Waals surface area contributed by atoms with E-state index in [0.717, 1.165) is 0 Å². The van der Waals surface area contributed by atoms with Gasteiger partial charge in [-0.15, -0.1) is 0 Å². The summed E-state index contributed by atoms with van der Waals surface area (Å²) in [5.74, 6) is 0.185. The van der Waals surface area contributed by atoms with Crippen LogP contribution in [0.3, 0.4) is 0 Å². The van der Waals surface area contributed by atoms with Gasteiger partial charge in [0.2, 0.25) is 5.88 Å². The van der Waals surface area contributed by atoms with E-state index in [4.69, 9.17) is 43.7 Å². The molecule has 1 aromatic carbocycles. The molecule has 0 aliphatic carbocycles. The molecule has 3 rings (SSSR count). The van der Waals surface area contributed by atoms with E-state index in [1.807, 2.05) is 6.92 Å². The van der Waals surface area contributed by atoms with Crippen molar-refractivity contribution in [3.63, 3.8) is 0 Å². The lowest BCUT2D eigenvalue weighted by molar-refractivity contribution is 0.170. The topological polar surface area (TPSA) is 70.4 Å². The second kappa shape index (κ2) is 6.05. The summed E-state index contributed by atoms with van der Waals surface area (Å²) in [5.41, 5.74) is 0. The van der Waals surface area contributed by atoms with E-state index < -0.39 is 10.1 Å². The molecule has 0 bridgehead atoms. The molecule has 10 heteroatoms. The lowest BCUT2D eigenvalue weighted by Gasteiger charge is -2.21. The minimum absolute atomic E-state index is 0.0124. The molecule has 124 valence electrons. The highest BCUT2D eigenvalue weighted by molar-refractivity contribution is 7.87. The molecule has 0 fully saturated rings. The van der Waals surface area contributed by atoms with E-state index in [0.29, 0.717) is 13.2 Å². The quantitative estimate of drug-likeness (QED) is 0.740. The van der Waals surface area contributed by atoms with Crippen molar-refractivity contribution in [2.45, 2.75) is 18.4 Å². The standard InChI is InChI=1S/C13H11Cl3N2O4S/c1-7-5-18-13(21-6-7)11(4-17-18)23(19,20)22-12-9(15)2-8(14)3-10(12)16/h2-4,7H,5-6H2,1H3/t7-/m0/s1. The monoisotopic (exact) mass is 396 g/mol. The van der Waals surface area contributed by atoms with Crippen LogP contribution in [0.1, 0.15) is 6.92 Å². The predicted octanol–water partition coefficient (Wildman–Crippen LogP) is 3.64. The second-order valence-corrected chi connectivity index (χ2v) is 7.91. The van der Waals surface area contributed by atoms with Gasteiger partial charge in [0.05, 0.1) is 29.4 Å². The molecule has 0 amide bonds. The molecule has 1 atom stereocenters. The molecule has 0 saturated heterocycles.